The number of anilines is 2. The number of carbonyl (C=O) groups is 1. The summed E-state index contributed by atoms with van der Waals surface area (Å²) in [4.78, 5) is 16.4. The molecule has 1 aliphatic carbocycles. The number of carbonyl (C=O) groups excluding carboxylic acids is 1. The summed E-state index contributed by atoms with van der Waals surface area (Å²) in [5, 5.41) is 6.06. The van der Waals surface area contributed by atoms with Crippen molar-refractivity contribution in [2.75, 3.05) is 10.6 Å². The average Bonchev–Trinajstić information content (AvgIpc) is 2.86. The van der Waals surface area contributed by atoms with Crippen molar-refractivity contribution in [3.63, 3.8) is 0 Å². The molecule has 0 unspecified atom stereocenters. The van der Waals surface area contributed by atoms with E-state index in [4.69, 9.17) is 0 Å². The average molecular weight is 327 g/mol. The number of halogens is 1. The molecule has 3 rings (SSSR count). The van der Waals surface area contributed by atoms with Crippen molar-refractivity contribution in [3.8, 4) is 0 Å². The molecule has 4 nitrogen and oxygen atoms in total. The van der Waals surface area contributed by atoms with E-state index in [-0.39, 0.29) is 11.4 Å². The summed E-state index contributed by atoms with van der Waals surface area (Å²) in [6.45, 7) is 0. The van der Waals surface area contributed by atoms with E-state index in [2.05, 4.69) is 15.6 Å². The van der Waals surface area contributed by atoms with E-state index in [1.165, 1.54) is 37.8 Å². The van der Waals surface area contributed by atoms with E-state index in [0.717, 1.165) is 18.5 Å². The Balaban J connectivity index is 1.68. The van der Waals surface area contributed by atoms with Crippen LogP contribution in [0.15, 0.2) is 42.6 Å². The number of hydrogen-bond acceptors (Lipinski definition) is 3. The highest BCUT2D eigenvalue weighted by molar-refractivity contribution is 6.03. The number of hydrogen-bond donors (Lipinski definition) is 2. The Morgan fingerprint density at radius 3 is 2.58 bits per heavy atom. The van der Waals surface area contributed by atoms with E-state index in [1.807, 2.05) is 6.07 Å². The van der Waals surface area contributed by atoms with Gasteiger partial charge in [0.25, 0.3) is 5.91 Å². The van der Waals surface area contributed by atoms with E-state index < -0.39 is 11.7 Å². The van der Waals surface area contributed by atoms with Gasteiger partial charge >= 0.3 is 0 Å². The van der Waals surface area contributed by atoms with Crippen LogP contribution in [0, 0.1) is 5.82 Å². The van der Waals surface area contributed by atoms with Crippen LogP contribution < -0.4 is 10.6 Å². The topological polar surface area (TPSA) is 54.0 Å². The molecule has 1 fully saturated rings. The minimum absolute atomic E-state index is 0.159. The first kappa shape index (κ1) is 16.4. The summed E-state index contributed by atoms with van der Waals surface area (Å²) < 4.78 is 13.6. The van der Waals surface area contributed by atoms with Gasteiger partial charge < -0.3 is 10.6 Å². The lowest BCUT2D eigenvalue weighted by Gasteiger charge is -2.18. The van der Waals surface area contributed by atoms with Crippen molar-refractivity contribution < 1.29 is 9.18 Å². The molecule has 5 heteroatoms. The van der Waals surface area contributed by atoms with Gasteiger partial charge in [0.2, 0.25) is 0 Å². The molecule has 2 aromatic rings. The second-order valence-electron chi connectivity index (χ2n) is 6.20. The Hall–Kier alpha value is -2.43. The highest BCUT2D eigenvalue weighted by Crippen LogP contribution is 2.21. The lowest BCUT2D eigenvalue weighted by atomic mass is 10.1. The Morgan fingerprint density at radius 2 is 1.83 bits per heavy atom. The molecule has 0 atom stereocenters. The third kappa shape index (κ3) is 4.31. The molecular weight excluding hydrogens is 305 g/mol. The van der Waals surface area contributed by atoms with E-state index >= 15 is 0 Å². The van der Waals surface area contributed by atoms with Gasteiger partial charge in [0.15, 0.2) is 0 Å². The first-order valence-corrected chi connectivity index (χ1v) is 8.51. The summed E-state index contributed by atoms with van der Waals surface area (Å²) in [6.07, 6.45) is 8.98. The molecule has 0 saturated heterocycles. The molecular formula is C19H22FN3O. The molecule has 126 valence electrons. The number of nitrogens with one attached hydrogen (secondary N) is 2. The van der Waals surface area contributed by atoms with Crippen molar-refractivity contribution in [1.82, 2.24) is 4.98 Å². The fourth-order valence-corrected chi connectivity index (χ4v) is 3.05. The summed E-state index contributed by atoms with van der Waals surface area (Å²) in [5.74, 6) is -0.872. The van der Waals surface area contributed by atoms with Gasteiger partial charge in [-0.15, -0.1) is 0 Å². The van der Waals surface area contributed by atoms with Gasteiger partial charge in [-0.05, 0) is 37.1 Å². The van der Waals surface area contributed by atoms with Crippen LogP contribution in [0.4, 0.5) is 15.8 Å². The number of benzene rings is 1. The minimum atomic E-state index is -0.460. The van der Waals surface area contributed by atoms with E-state index in [9.17, 15) is 9.18 Å². The Kier molecular flexibility index (Phi) is 5.41. The fraction of sp³-hybridized carbons (Fsp3) is 0.368. The van der Waals surface area contributed by atoms with Crippen LogP contribution in [0.3, 0.4) is 0 Å². The second-order valence-corrected chi connectivity index (χ2v) is 6.20. The summed E-state index contributed by atoms with van der Waals surface area (Å²) >= 11 is 0. The minimum Gasteiger partial charge on any atom is -0.382 e. The van der Waals surface area contributed by atoms with Crippen LogP contribution in [-0.4, -0.2) is 16.9 Å². The first-order valence-electron chi connectivity index (χ1n) is 8.51. The predicted octanol–water partition coefficient (Wildman–Crippen LogP) is 4.61. The summed E-state index contributed by atoms with van der Waals surface area (Å²) in [6, 6.07) is 10.1. The summed E-state index contributed by atoms with van der Waals surface area (Å²) in [7, 11) is 0. The third-order valence-corrected chi connectivity index (χ3v) is 4.34. The monoisotopic (exact) mass is 327 g/mol. The van der Waals surface area contributed by atoms with Gasteiger partial charge in [0.1, 0.15) is 11.5 Å². The number of amides is 1. The molecule has 1 heterocycles. The van der Waals surface area contributed by atoms with Gasteiger partial charge in [-0.2, -0.15) is 0 Å². The number of rotatable bonds is 4. The highest BCUT2D eigenvalue weighted by Gasteiger charge is 2.14. The lowest BCUT2D eigenvalue weighted by Crippen LogP contribution is -2.19. The quantitative estimate of drug-likeness (QED) is 0.806. The molecule has 0 bridgehead atoms. The second kappa shape index (κ2) is 7.90. The molecule has 1 aromatic heterocycles. The van der Waals surface area contributed by atoms with Crippen LogP contribution in [0.1, 0.15) is 49.0 Å². The van der Waals surface area contributed by atoms with Crippen molar-refractivity contribution >= 4 is 17.3 Å². The molecule has 1 aliphatic rings. The van der Waals surface area contributed by atoms with Crippen molar-refractivity contribution in [2.45, 2.75) is 44.6 Å². The van der Waals surface area contributed by atoms with Crippen LogP contribution >= 0.6 is 0 Å². The summed E-state index contributed by atoms with van der Waals surface area (Å²) in [5.41, 5.74) is 1.32. The van der Waals surface area contributed by atoms with Gasteiger partial charge in [0.05, 0.1) is 5.69 Å². The Bertz CT molecular complexity index is 697. The zero-order chi connectivity index (χ0) is 16.8. The molecule has 2 N–H and O–H groups in total. The van der Waals surface area contributed by atoms with Crippen molar-refractivity contribution in [3.05, 3.63) is 54.1 Å². The van der Waals surface area contributed by atoms with Crippen LogP contribution in [0.25, 0.3) is 0 Å². The molecule has 0 aliphatic heterocycles. The zero-order valence-electron chi connectivity index (χ0n) is 13.6. The van der Waals surface area contributed by atoms with Crippen molar-refractivity contribution in [2.24, 2.45) is 0 Å². The normalized spacial score (nSPS) is 15.5. The number of pyridine rings is 1. The molecule has 0 radical (unpaired) electrons. The Labute approximate surface area is 141 Å². The first-order chi connectivity index (χ1) is 11.7. The van der Waals surface area contributed by atoms with Crippen LogP contribution in [-0.2, 0) is 0 Å². The highest BCUT2D eigenvalue weighted by atomic mass is 19.1. The third-order valence-electron chi connectivity index (χ3n) is 4.34. The molecule has 0 spiro atoms. The Morgan fingerprint density at radius 1 is 1.08 bits per heavy atom. The number of nitrogens with zero attached hydrogens (tertiary/aromatic N) is 1. The largest absolute Gasteiger partial charge is 0.382 e. The maximum absolute atomic E-state index is 13.6. The number of aromatic nitrogens is 1. The van der Waals surface area contributed by atoms with E-state index in [1.54, 1.807) is 24.4 Å². The zero-order valence-corrected chi connectivity index (χ0v) is 13.6. The maximum atomic E-state index is 13.6. The van der Waals surface area contributed by atoms with Gasteiger partial charge in [-0.1, -0.05) is 37.8 Å². The molecule has 1 saturated carbocycles. The van der Waals surface area contributed by atoms with Crippen LogP contribution in [0.5, 0.6) is 0 Å². The van der Waals surface area contributed by atoms with E-state index in [0.29, 0.717) is 6.04 Å². The van der Waals surface area contributed by atoms with Gasteiger partial charge in [-0.3, -0.25) is 9.78 Å². The molecule has 24 heavy (non-hydrogen) atoms. The maximum Gasteiger partial charge on any atom is 0.274 e. The number of para-hydroxylation sites is 1. The van der Waals surface area contributed by atoms with Gasteiger partial charge in [0, 0.05) is 17.9 Å². The molecule has 1 aromatic carbocycles. The van der Waals surface area contributed by atoms with Crippen LogP contribution in [0.2, 0.25) is 0 Å². The predicted molar refractivity (Wildman–Crippen MR) is 93.7 cm³/mol. The SMILES string of the molecule is O=C(Nc1ccccc1F)c1cc(NC2CCCCCC2)ccn1. The lowest BCUT2D eigenvalue weighted by molar-refractivity contribution is 0.102. The smallest absolute Gasteiger partial charge is 0.274 e. The molecule has 1 amide bonds. The fourth-order valence-electron chi connectivity index (χ4n) is 3.05. The van der Waals surface area contributed by atoms with Gasteiger partial charge in [-0.25, -0.2) is 4.39 Å². The standard InChI is InChI=1S/C19H22FN3O/c20-16-9-5-6-10-17(16)23-19(24)18-13-15(11-12-21-18)22-14-7-3-1-2-4-8-14/h5-6,9-14H,1-4,7-8H2,(H,21,22)(H,23,24). The van der Waals surface area contributed by atoms with Crippen molar-refractivity contribution in [1.29, 1.82) is 0 Å².